The van der Waals surface area contributed by atoms with Gasteiger partial charge in [0.05, 0.1) is 12.2 Å². The van der Waals surface area contributed by atoms with Gasteiger partial charge >= 0.3 is 0 Å². The smallest absolute Gasteiger partial charge is 0.150 e. The standard InChI is InChI=1S/C17H31N3O/c1-5-13(21)16-14(10(3)4)15-11-7-8-18-9-12(11)19-17(15)20(16)6-2/h10-12,14-19H,5-9H2,1-4H3. The molecule has 0 aromatic heterocycles. The third-order valence-corrected chi connectivity index (χ3v) is 6.12. The van der Waals surface area contributed by atoms with Gasteiger partial charge in [0.2, 0.25) is 0 Å². The summed E-state index contributed by atoms with van der Waals surface area (Å²) in [5.41, 5.74) is 0. The van der Waals surface area contributed by atoms with Crippen molar-refractivity contribution in [1.29, 1.82) is 0 Å². The van der Waals surface area contributed by atoms with Gasteiger partial charge in [0.25, 0.3) is 0 Å². The molecule has 3 saturated heterocycles. The van der Waals surface area contributed by atoms with Crippen molar-refractivity contribution in [3.05, 3.63) is 0 Å². The fourth-order valence-electron chi connectivity index (χ4n) is 5.32. The van der Waals surface area contributed by atoms with Crippen molar-refractivity contribution in [3.63, 3.8) is 0 Å². The Morgan fingerprint density at radius 2 is 2.10 bits per heavy atom. The van der Waals surface area contributed by atoms with Crippen LogP contribution in [-0.4, -0.2) is 48.6 Å². The van der Waals surface area contributed by atoms with E-state index in [2.05, 4.69) is 36.3 Å². The maximum absolute atomic E-state index is 12.6. The van der Waals surface area contributed by atoms with Crippen LogP contribution >= 0.6 is 0 Å². The minimum Gasteiger partial charge on any atom is -0.315 e. The minimum atomic E-state index is 0.137. The van der Waals surface area contributed by atoms with Gasteiger partial charge in [0, 0.05) is 19.0 Å². The SMILES string of the molecule is CCC(=O)C1C(C(C)C)C2C3CCNCC3NC2N1CC. The summed E-state index contributed by atoms with van der Waals surface area (Å²) in [6, 6.07) is 0.736. The predicted molar refractivity (Wildman–Crippen MR) is 85.0 cm³/mol. The molecule has 0 bridgehead atoms. The van der Waals surface area contributed by atoms with Gasteiger partial charge in [-0.25, -0.2) is 0 Å². The highest BCUT2D eigenvalue weighted by Gasteiger charge is 2.59. The largest absolute Gasteiger partial charge is 0.315 e. The number of nitrogens with zero attached hydrogens (tertiary/aromatic N) is 1. The molecule has 4 nitrogen and oxygen atoms in total. The number of fused-ring (bicyclic) bond motifs is 3. The van der Waals surface area contributed by atoms with Gasteiger partial charge < -0.3 is 5.32 Å². The second-order valence-electron chi connectivity index (χ2n) is 7.37. The molecule has 0 aromatic rings. The first-order chi connectivity index (χ1) is 10.1. The molecule has 6 unspecified atom stereocenters. The Kier molecular flexibility index (Phi) is 4.40. The average Bonchev–Trinajstić information content (AvgIpc) is 2.99. The van der Waals surface area contributed by atoms with E-state index in [4.69, 9.17) is 0 Å². The second-order valence-corrected chi connectivity index (χ2v) is 7.37. The van der Waals surface area contributed by atoms with Crippen LogP contribution < -0.4 is 10.6 Å². The van der Waals surface area contributed by atoms with Crippen LogP contribution in [0.25, 0.3) is 0 Å². The van der Waals surface area contributed by atoms with Gasteiger partial charge in [-0.1, -0.05) is 27.7 Å². The number of likely N-dealkylation sites (N-methyl/N-ethyl adjacent to an activating group) is 1. The molecule has 3 rings (SSSR count). The quantitative estimate of drug-likeness (QED) is 0.824. The molecule has 120 valence electrons. The number of carbonyl (C=O) groups excluding carboxylic acids is 1. The summed E-state index contributed by atoms with van der Waals surface area (Å²) in [5, 5.41) is 7.38. The Hall–Kier alpha value is -0.450. The van der Waals surface area contributed by atoms with Crippen molar-refractivity contribution in [3.8, 4) is 0 Å². The molecule has 3 fully saturated rings. The Balaban J connectivity index is 1.94. The van der Waals surface area contributed by atoms with Crippen LogP contribution in [0.5, 0.6) is 0 Å². The number of Topliss-reactive ketones (excluding diaryl/α,β-unsaturated/α-hetero) is 1. The number of likely N-dealkylation sites (tertiary alicyclic amines) is 1. The number of hydrogen-bond acceptors (Lipinski definition) is 4. The lowest BCUT2D eigenvalue weighted by Gasteiger charge is -2.36. The number of hydrogen-bond donors (Lipinski definition) is 2. The summed E-state index contributed by atoms with van der Waals surface area (Å²) < 4.78 is 0. The zero-order chi connectivity index (χ0) is 15.1. The van der Waals surface area contributed by atoms with E-state index >= 15 is 0 Å². The molecule has 0 saturated carbocycles. The molecule has 6 atom stereocenters. The summed E-state index contributed by atoms with van der Waals surface area (Å²) in [6.45, 7) is 12.0. The van der Waals surface area contributed by atoms with Gasteiger partial charge in [0.1, 0.15) is 5.78 Å². The van der Waals surface area contributed by atoms with Crippen LogP contribution in [0, 0.1) is 23.7 Å². The molecule has 0 aliphatic carbocycles. The van der Waals surface area contributed by atoms with E-state index in [9.17, 15) is 4.79 Å². The summed E-state index contributed by atoms with van der Waals surface area (Å²) in [7, 11) is 0. The van der Waals surface area contributed by atoms with Gasteiger partial charge in [0.15, 0.2) is 0 Å². The Morgan fingerprint density at radius 3 is 2.71 bits per heavy atom. The molecule has 3 aliphatic rings. The molecule has 0 aromatic carbocycles. The Bertz CT molecular complexity index is 397. The zero-order valence-electron chi connectivity index (χ0n) is 13.9. The van der Waals surface area contributed by atoms with Crippen molar-refractivity contribution in [2.24, 2.45) is 23.7 Å². The van der Waals surface area contributed by atoms with Crippen LogP contribution in [0.3, 0.4) is 0 Å². The Labute approximate surface area is 129 Å². The van der Waals surface area contributed by atoms with E-state index in [0.29, 0.717) is 42.2 Å². The average molecular weight is 293 g/mol. The van der Waals surface area contributed by atoms with E-state index in [1.807, 2.05) is 6.92 Å². The Morgan fingerprint density at radius 1 is 1.33 bits per heavy atom. The van der Waals surface area contributed by atoms with Crippen molar-refractivity contribution in [2.45, 2.75) is 58.8 Å². The highest BCUT2D eigenvalue weighted by atomic mass is 16.1. The van der Waals surface area contributed by atoms with Crippen LogP contribution in [-0.2, 0) is 4.79 Å². The molecular weight excluding hydrogens is 262 g/mol. The van der Waals surface area contributed by atoms with Crippen LogP contribution in [0.2, 0.25) is 0 Å². The van der Waals surface area contributed by atoms with E-state index in [1.165, 1.54) is 6.42 Å². The van der Waals surface area contributed by atoms with Gasteiger partial charge in [-0.2, -0.15) is 0 Å². The van der Waals surface area contributed by atoms with Crippen molar-refractivity contribution >= 4 is 5.78 Å². The van der Waals surface area contributed by atoms with Crippen molar-refractivity contribution < 1.29 is 4.79 Å². The lowest BCUT2D eigenvalue weighted by molar-refractivity contribution is -0.125. The van der Waals surface area contributed by atoms with Crippen LogP contribution in [0.4, 0.5) is 0 Å². The zero-order valence-corrected chi connectivity index (χ0v) is 13.9. The monoisotopic (exact) mass is 293 g/mol. The number of piperidine rings is 1. The van der Waals surface area contributed by atoms with Gasteiger partial charge in [-0.05, 0) is 43.2 Å². The molecule has 21 heavy (non-hydrogen) atoms. The summed E-state index contributed by atoms with van der Waals surface area (Å²) in [4.78, 5) is 15.1. The highest BCUT2D eigenvalue weighted by Crippen LogP contribution is 2.49. The highest BCUT2D eigenvalue weighted by molar-refractivity contribution is 5.84. The molecule has 3 heterocycles. The maximum atomic E-state index is 12.6. The van der Waals surface area contributed by atoms with E-state index in [1.54, 1.807) is 0 Å². The number of rotatable bonds is 4. The molecule has 0 spiro atoms. The molecule has 4 heteroatoms. The lowest BCUT2D eigenvalue weighted by atomic mass is 9.71. The predicted octanol–water partition coefficient (Wildman–Crippen LogP) is 1.47. The first kappa shape index (κ1) is 15.4. The number of carbonyl (C=O) groups is 1. The number of ketones is 1. The molecule has 0 amide bonds. The minimum absolute atomic E-state index is 0.137. The van der Waals surface area contributed by atoms with Gasteiger partial charge in [-0.3, -0.25) is 15.0 Å². The van der Waals surface area contributed by atoms with E-state index < -0.39 is 0 Å². The first-order valence-electron chi connectivity index (χ1n) is 8.85. The molecule has 0 radical (unpaired) electrons. The summed E-state index contributed by atoms with van der Waals surface area (Å²) >= 11 is 0. The summed E-state index contributed by atoms with van der Waals surface area (Å²) in [6.07, 6.45) is 2.34. The van der Waals surface area contributed by atoms with Crippen LogP contribution in [0.15, 0.2) is 0 Å². The van der Waals surface area contributed by atoms with Crippen molar-refractivity contribution in [1.82, 2.24) is 15.5 Å². The molecular formula is C17H31N3O. The third kappa shape index (κ3) is 2.36. The normalized spacial score (nSPS) is 43.1. The fourth-order valence-corrected chi connectivity index (χ4v) is 5.32. The van der Waals surface area contributed by atoms with Gasteiger partial charge in [-0.15, -0.1) is 0 Å². The van der Waals surface area contributed by atoms with E-state index in [-0.39, 0.29) is 6.04 Å². The van der Waals surface area contributed by atoms with E-state index in [0.717, 1.165) is 25.6 Å². The topological polar surface area (TPSA) is 44.4 Å². The third-order valence-electron chi connectivity index (χ3n) is 6.12. The number of nitrogens with one attached hydrogen (secondary N) is 2. The first-order valence-corrected chi connectivity index (χ1v) is 8.85. The second kappa shape index (κ2) is 5.98. The molecule has 3 aliphatic heterocycles. The fraction of sp³-hybridized carbons (Fsp3) is 0.941. The summed E-state index contributed by atoms with van der Waals surface area (Å²) in [5.74, 6) is 2.93. The van der Waals surface area contributed by atoms with Crippen molar-refractivity contribution in [2.75, 3.05) is 19.6 Å². The molecule has 2 N–H and O–H groups in total. The lowest BCUT2D eigenvalue weighted by Crippen LogP contribution is -2.52. The maximum Gasteiger partial charge on any atom is 0.150 e. The van der Waals surface area contributed by atoms with Crippen LogP contribution in [0.1, 0.15) is 40.5 Å².